The van der Waals surface area contributed by atoms with Crippen molar-refractivity contribution in [3.8, 4) is 0 Å². The summed E-state index contributed by atoms with van der Waals surface area (Å²) in [5, 5.41) is 0. The molecule has 1 aromatic heterocycles. The largest absolute Gasteiger partial charge is 0.469 e. The molecule has 5 heteroatoms. The Balaban J connectivity index is 1.69. The van der Waals surface area contributed by atoms with Crippen LogP contribution >= 0.6 is 11.3 Å². The van der Waals surface area contributed by atoms with Crippen molar-refractivity contribution >= 4 is 23.2 Å². The average molecular weight is 329 g/mol. The highest BCUT2D eigenvalue weighted by molar-refractivity contribution is 7.12. The molecule has 2 unspecified atom stereocenters. The Morgan fingerprint density at radius 1 is 1.26 bits per heavy atom. The van der Waals surface area contributed by atoms with Crippen molar-refractivity contribution < 1.29 is 14.3 Å². The zero-order valence-corrected chi connectivity index (χ0v) is 14.0. The van der Waals surface area contributed by atoms with Gasteiger partial charge >= 0.3 is 5.97 Å². The van der Waals surface area contributed by atoms with Crippen molar-refractivity contribution in [3.05, 3.63) is 57.8 Å². The normalized spacial score (nSPS) is 20.0. The number of carbonyl (C=O) groups is 1. The highest BCUT2D eigenvalue weighted by Crippen LogP contribution is 2.34. The molecule has 0 N–H and O–H groups in total. The third-order valence-corrected chi connectivity index (χ3v) is 4.97. The lowest BCUT2D eigenvalue weighted by molar-refractivity contribution is -0.148. The SMILES string of the molecule is CCc1ccc(C2OC(C)=NC2C(=O)OCc2ccccc2)s1. The Morgan fingerprint density at radius 2 is 2.04 bits per heavy atom. The summed E-state index contributed by atoms with van der Waals surface area (Å²) in [7, 11) is 0. The monoisotopic (exact) mass is 329 g/mol. The number of nitrogens with zero attached hydrogens (tertiary/aromatic N) is 1. The molecule has 0 bridgehead atoms. The number of hydrogen-bond acceptors (Lipinski definition) is 5. The zero-order chi connectivity index (χ0) is 16.2. The van der Waals surface area contributed by atoms with E-state index in [4.69, 9.17) is 9.47 Å². The molecule has 1 aliphatic rings. The summed E-state index contributed by atoms with van der Waals surface area (Å²) >= 11 is 1.66. The minimum Gasteiger partial charge on any atom is -0.469 e. The van der Waals surface area contributed by atoms with Crippen molar-refractivity contribution in [2.24, 2.45) is 4.99 Å². The second kappa shape index (κ2) is 6.96. The molecule has 120 valence electrons. The van der Waals surface area contributed by atoms with E-state index >= 15 is 0 Å². The highest BCUT2D eigenvalue weighted by atomic mass is 32.1. The molecular weight excluding hydrogens is 310 g/mol. The first-order chi connectivity index (χ1) is 11.2. The van der Waals surface area contributed by atoms with E-state index in [1.54, 1.807) is 18.3 Å². The summed E-state index contributed by atoms with van der Waals surface area (Å²) in [6.07, 6.45) is 0.601. The standard InChI is InChI=1S/C18H19NO3S/c1-3-14-9-10-15(23-14)17-16(19-12(2)22-17)18(20)21-11-13-7-5-4-6-8-13/h4-10,16-17H,3,11H2,1-2H3. The summed E-state index contributed by atoms with van der Waals surface area (Å²) < 4.78 is 11.2. The molecule has 0 saturated heterocycles. The number of hydrogen-bond donors (Lipinski definition) is 0. The van der Waals surface area contributed by atoms with Gasteiger partial charge < -0.3 is 9.47 Å². The van der Waals surface area contributed by atoms with Crippen LogP contribution < -0.4 is 0 Å². The molecule has 0 aliphatic carbocycles. The number of esters is 1. The maximum Gasteiger partial charge on any atom is 0.335 e. The Kier molecular flexibility index (Phi) is 4.76. The van der Waals surface area contributed by atoms with Crippen LogP contribution in [0, 0.1) is 0 Å². The van der Waals surface area contributed by atoms with Gasteiger partial charge in [-0.05, 0) is 24.1 Å². The van der Waals surface area contributed by atoms with Crippen LogP contribution in [-0.2, 0) is 27.3 Å². The number of carbonyl (C=O) groups excluding carboxylic acids is 1. The van der Waals surface area contributed by atoms with Crippen molar-refractivity contribution in [2.45, 2.75) is 39.0 Å². The van der Waals surface area contributed by atoms with E-state index in [0.29, 0.717) is 5.90 Å². The predicted octanol–water partition coefficient (Wildman–Crippen LogP) is 3.91. The molecule has 0 fully saturated rings. The van der Waals surface area contributed by atoms with Gasteiger partial charge in [-0.25, -0.2) is 9.79 Å². The van der Waals surface area contributed by atoms with Crippen LogP contribution in [0.2, 0.25) is 0 Å². The molecule has 2 heterocycles. The molecule has 0 radical (unpaired) electrons. The van der Waals surface area contributed by atoms with Gasteiger partial charge in [-0.15, -0.1) is 11.3 Å². The van der Waals surface area contributed by atoms with Crippen molar-refractivity contribution in [2.75, 3.05) is 0 Å². The molecule has 1 aromatic carbocycles. The lowest BCUT2D eigenvalue weighted by Crippen LogP contribution is -2.25. The lowest BCUT2D eigenvalue weighted by atomic mass is 10.1. The third kappa shape index (κ3) is 3.62. The molecule has 2 aromatic rings. The van der Waals surface area contributed by atoms with Gasteiger partial charge in [0.2, 0.25) is 0 Å². The quantitative estimate of drug-likeness (QED) is 0.781. The second-order valence-corrected chi connectivity index (χ2v) is 6.58. The number of rotatable bonds is 5. The van der Waals surface area contributed by atoms with E-state index in [2.05, 4.69) is 18.0 Å². The Morgan fingerprint density at radius 3 is 2.74 bits per heavy atom. The fourth-order valence-corrected chi connectivity index (χ4v) is 3.50. The summed E-state index contributed by atoms with van der Waals surface area (Å²) in [5.41, 5.74) is 0.960. The lowest BCUT2D eigenvalue weighted by Gasteiger charge is -2.15. The first-order valence-electron chi connectivity index (χ1n) is 7.67. The molecule has 3 rings (SSSR count). The van der Waals surface area contributed by atoms with E-state index in [-0.39, 0.29) is 18.7 Å². The average Bonchev–Trinajstić information content (AvgIpc) is 3.19. The fourth-order valence-electron chi connectivity index (χ4n) is 2.48. The van der Waals surface area contributed by atoms with Crippen molar-refractivity contribution in [1.29, 1.82) is 0 Å². The molecule has 0 saturated carbocycles. The number of aliphatic imine (C=N–C) groups is 1. The van der Waals surface area contributed by atoms with E-state index in [9.17, 15) is 4.79 Å². The van der Waals surface area contributed by atoms with Crippen LogP contribution in [0.4, 0.5) is 0 Å². The maximum absolute atomic E-state index is 12.4. The predicted molar refractivity (Wildman–Crippen MR) is 90.7 cm³/mol. The van der Waals surface area contributed by atoms with Gasteiger partial charge in [-0.3, -0.25) is 0 Å². The first kappa shape index (κ1) is 15.7. The molecule has 1 aliphatic heterocycles. The van der Waals surface area contributed by atoms with Crippen molar-refractivity contribution in [3.63, 3.8) is 0 Å². The minimum absolute atomic E-state index is 0.252. The fraction of sp³-hybridized carbons (Fsp3) is 0.333. The maximum atomic E-state index is 12.4. The smallest absolute Gasteiger partial charge is 0.335 e. The Bertz CT molecular complexity index is 708. The van der Waals surface area contributed by atoms with Crippen molar-refractivity contribution in [1.82, 2.24) is 0 Å². The van der Waals surface area contributed by atoms with Gasteiger partial charge in [0.15, 0.2) is 18.0 Å². The summed E-state index contributed by atoms with van der Waals surface area (Å²) in [6.45, 7) is 4.13. The summed E-state index contributed by atoms with van der Waals surface area (Å²) in [4.78, 5) is 19.0. The highest BCUT2D eigenvalue weighted by Gasteiger charge is 2.38. The molecule has 2 atom stereocenters. The first-order valence-corrected chi connectivity index (χ1v) is 8.49. The molecular formula is C18H19NO3S. The Hall–Kier alpha value is -2.14. The number of thiophene rings is 1. The molecule has 0 amide bonds. The topological polar surface area (TPSA) is 47.9 Å². The van der Waals surface area contributed by atoms with Crippen LogP contribution in [0.5, 0.6) is 0 Å². The van der Waals surface area contributed by atoms with Gasteiger partial charge in [0.1, 0.15) is 6.61 Å². The number of ether oxygens (including phenoxy) is 2. The Labute approximate surface area is 139 Å². The van der Waals surface area contributed by atoms with Gasteiger partial charge in [0.25, 0.3) is 0 Å². The summed E-state index contributed by atoms with van der Waals surface area (Å²) in [5.74, 6) is 0.185. The van der Waals surface area contributed by atoms with Crippen LogP contribution in [0.15, 0.2) is 47.5 Å². The van der Waals surface area contributed by atoms with Gasteiger partial charge in [-0.2, -0.15) is 0 Å². The number of benzene rings is 1. The van der Waals surface area contributed by atoms with Crippen LogP contribution in [0.25, 0.3) is 0 Å². The third-order valence-electron chi connectivity index (χ3n) is 3.68. The van der Waals surface area contributed by atoms with Crippen LogP contribution in [0.3, 0.4) is 0 Å². The molecule has 4 nitrogen and oxygen atoms in total. The van der Waals surface area contributed by atoms with E-state index in [1.807, 2.05) is 36.4 Å². The van der Waals surface area contributed by atoms with Gasteiger partial charge in [0, 0.05) is 16.7 Å². The summed E-state index contributed by atoms with van der Waals surface area (Å²) in [6, 6.07) is 13.1. The molecule has 23 heavy (non-hydrogen) atoms. The van der Waals surface area contributed by atoms with Gasteiger partial charge in [-0.1, -0.05) is 37.3 Å². The van der Waals surface area contributed by atoms with E-state index in [0.717, 1.165) is 16.9 Å². The zero-order valence-electron chi connectivity index (χ0n) is 13.2. The second-order valence-electron chi connectivity index (χ2n) is 5.38. The van der Waals surface area contributed by atoms with E-state index in [1.165, 1.54) is 4.88 Å². The van der Waals surface area contributed by atoms with Gasteiger partial charge in [0.05, 0.1) is 0 Å². The van der Waals surface area contributed by atoms with Crippen LogP contribution in [0.1, 0.15) is 35.3 Å². The van der Waals surface area contributed by atoms with Crippen LogP contribution in [-0.4, -0.2) is 17.9 Å². The minimum atomic E-state index is -0.623. The van der Waals surface area contributed by atoms with E-state index < -0.39 is 6.04 Å². The molecule has 0 spiro atoms. The number of aryl methyl sites for hydroxylation is 1.